The van der Waals surface area contributed by atoms with Crippen molar-refractivity contribution in [2.24, 2.45) is 4.99 Å². The van der Waals surface area contributed by atoms with E-state index in [4.69, 9.17) is 0 Å². The zero-order valence-electron chi connectivity index (χ0n) is 25.6. The highest BCUT2D eigenvalue weighted by atomic mass is 127. The second-order valence-electron chi connectivity index (χ2n) is 9.61. The summed E-state index contributed by atoms with van der Waals surface area (Å²) in [7, 11) is 1.95. The minimum Gasteiger partial charge on any atom is -0.355 e. The van der Waals surface area contributed by atoms with Gasteiger partial charge in [0.25, 0.3) is 5.91 Å². The molecule has 1 rings (SSSR count). The Hall–Kier alpha value is -2.89. The van der Waals surface area contributed by atoms with E-state index >= 15 is 0 Å². The van der Waals surface area contributed by atoms with Crippen molar-refractivity contribution in [3.8, 4) is 0 Å². The van der Waals surface area contributed by atoms with Crippen LogP contribution in [0.3, 0.4) is 0 Å². The van der Waals surface area contributed by atoms with Crippen molar-refractivity contribution >= 4 is 42.5 Å². The zero-order valence-corrected chi connectivity index (χ0v) is 27.7. The molecular formula is C33H50IN5O3. The lowest BCUT2D eigenvalue weighted by atomic mass is 10.2. The maximum absolute atomic E-state index is 12.3. The van der Waals surface area contributed by atoms with Crippen molar-refractivity contribution in [2.45, 2.75) is 65.2 Å². The van der Waals surface area contributed by atoms with Crippen molar-refractivity contribution in [1.29, 1.82) is 0 Å². The second kappa shape index (κ2) is 25.8. The third-order valence-corrected chi connectivity index (χ3v) is 8.05. The van der Waals surface area contributed by atoms with Gasteiger partial charge in [-0.3, -0.25) is 14.8 Å². The highest BCUT2D eigenvalue weighted by molar-refractivity contribution is 14.2. The maximum Gasteiger partial charge on any atom is 0.270 e. The SMILES string of the molecule is CC/C=C\C/C=C\C/C=C\C/C=C\C/C=C\C/C=C\CCC(=O)NCCN(C)CCNC(=O)C1=NC=C(C)N(O)I=C1. The summed E-state index contributed by atoms with van der Waals surface area (Å²) < 4.78 is 2.84. The van der Waals surface area contributed by atoms with Gasteiger partial charge in [-0.15, -0.1) is 0 Å². The molecule has 1 heterocycles. The first-order chi connectivity index (χ1) is 20.4. The molecule has 1 aliphatic heterocycles. The van der Waals surface area contributed by atoms with Gasteiger partial charge in [0, 0.05) is 63.8 Å². The number of rotatable bonds is 21. The van der Waals surface area contributed by atoms with E-state index in [9.17, 15) is 14.8 Å². The number of likely N-dealkylation sites (N-methyl/N-ethyl adjacent to an activating group) is 1. The number of carbonyl (C=O) groups excluding carboxylic acids is 2. The Morgan fingerprint density at radius 1 is 0.857 bits per heavy atom. The van der Waals surface area contributed by atoms with E-state index in [1.54, 1.807) is 10.9 Å². The number of hydrogen-bond donors (Lipinski definition) is 3. The lowest BCUT2D eigenvalue weighted by molar-refractivity contribution is -0.121. The predicted molar refractivity (Wildman–Crippen MR) is 186 cm³/mol. The van der Waals surface area contributed by atoms with E-state index in [-0.39, 0.29) is 11.8 Å². The second-order valence-corrected chi connectivity index (χ2v) is 11.7. The number of amides is 2. The van der Waals surface area contributed by atoms with Gasteiger partial charge in [-0.2, -0.15) is 0 Å². The Kier molecular flexibility index (Phi) is 22.8. The summed E-state index contributed by atoms with van der Waals surface area (Å²) in [6.45, 7) is 6.29. The van der Waals surface area contributed by atoms with E-state index in [2.05, 4.69) is 100 Å². The Morgan fingerprint density at radius 2 is 1.36 bits per heavy atom. The van der Waals surface area contributed by atoms with Gasteiger partial charge in [-0.05, 0) is 58.9 Å². The number of carbonyl (C=O) groups is 2. The fraction of sp³-hybridized carbons (Fsp3) is 0.455. The van der Waals surface area contributed by atoms with Crippen molar-refractivity contribution in [3.05, 3.63) is 84.8 Å². The molecule has 1 aliphatic rings. The minimum absolute atomic E-state index is 0.0442. The third kappa shape index (κ3) is 20.9. The fourth-order valence-corrected chi connectivity index (χ4v) is 4.94. The van der Waals surface area contributed by atoms with Crippen molar-refractivity contribution in [2.75, 3.05) is 33.2 Å². The van der Waals surface area contributed by atoms with Gasteiger partial charge in [0.1, 0.15) is 5.71 Å². The van der Waals surface area contributed by atoms with Crippen LogP contribution >= 0.6 is 21.0 Å². The van der Waals surface area contributed by atoms with Crippen LogP contribution < -0.4 is 10.6 Å². The third-order valence-electron chi connectivity index (χ3n) is 5.89. The molecule has 42 heavy (non-hydrogen) atoms. The molecular weight excluding hydrogens is 641 g/mol. The molecule has 0 atom stereocenters. The summed E-state index contributed by atoms with van der Waals surface area (Å²) in [4.78, 5) is 30.5. The number of hydroxylamine groups is 1. The molecule has 0 saturated heterocycles. The minimum atomic E-state index is -0.810. The van der Waals surface area contributed by atoms with Crippen molar-refractivity contribution in [3.63, 3.8) is 0 Å². The molecule has 232 valence electrons. The maximum atomic E-state index is 12.3. The van der Waals surface area contributed by atoms with Crippen LogP contribution in [-0.2, 0) is 9.59 Å². The molecule has 0 aromatic carbocycles. The van der Waals surface area contributed by atoms with Gasteiger partial charge in [0.05, 0.1) is 5.70 Å². The van der Waals surface area contributed by atoms with Crippen molar-refractivity contribution in [1.82, 2.24) is 18.8 Å². The fourth-order valence-electron chi connectivity index (χ4n) is 3.41. The van der Waals surface area contributed by atoms with Gasteiger partial charge in [-0.25, -0.2) is 8.27 Å². The van der Waals surface area contributed by atoms with Crippen LogP contribution in [0.25, 0.3) is 0 Å². The van der Waals surface area contributed by atoms with Crippen LogP contribution in [0.1, 0.15) is 65.2 Å². The first kappa shape index (κ1) is 37.1. The number of halogens is 1. The standard InChI is InChI=1S/C33H50IN5O3/c1-4-5-6-7-8-9-10-11-12-13-14-15-16-17-18-19-20-21-22-23-32(40)35-24-26-38(3)27-25-36-33(41)31-28-34-39(42)30(2)29-37-31/h5-6,8-9,11-12,14-15,17-18,20-21,28-29,42H,4,7,10,13,16,19,22-27H2,1-3H3,(H,35,40)(H,36,41)/b6-5-,9-8-,12-11-,15-14-,18-17-,21-20-. The highest BCUT2D eigenvalue weighted by Gasteiger charge is 2.11. The number of nitrogens with one attached hydrogen (secondary N) is 2. The number of hydrogen-bond acceptors (Lipinski definition) is 6. The first-order valence-corrected chi connectivity index (χ1v) is 17.0. The first-order valence-electron chi connectivity index (χ1n) is 14.8. The zero-order chi connectivity index (χ0) is 30.7. The molecule has 3 N–H and O–H groups in total. The molecule has 0 saturated carbocycles. The summed E-state index contributed by atoms with van der Waals surface area (Å²) in [5.74, 6) is -0.201. The molecule has 8 nitrogen and oxygen atoms in total. The van der Waals surface area contributed by atoms with Gasteiger partial charge in [0.2, 0.25) is 5.91 Å². The summed E-state index contributed by atoms with van der Waals surface area (Å²) >= 11 is -0.810. The Bertz CT molecular complexity index is 1050. The average Bonchev–Trinajstić information content (AvgIpc) is 3.14. The predicted octanol–water partition coefficient (Wildman–Crippen LogP) is 6.32. The molecule has 0 bridgehead atoms. The van der Waals surface area contributed by atoms with E-state index < -0.39 is 21.0 Å². The summed E-state index contributed by atoms with van der Waals surface area (Å²) in [5, 5.41) is 15.5. The van der Waals surface area contributed by atoms with Gasteiger partial charge >= 0.3 is 0 Å². The molecule has 0 aliphatic carbocycles. The smallest absolute Gasteiger partial charge is 0.270 e. The lowest BCUT2D eigenvalue weighted by Gasteiger charge is -2.17. The Morgan fingerprint density at radius 3 is 1.90 bits per heavy atom. The summed E-state index contributed by atoms with van der Waals surface area (Å²) in [5.41, 5.74) is 0.960. The Balaban J connectivity index is 2.02. The van der Waals surface area contributed by atoms with Crippen molar-refractivity contribution < 1.29 is 14.8 Å². The molecule has 0 aromatic heterocycles. The van der Waals surface area contributed by atoms with E-state index in [1.165, 1.54) is 6.20 Å². The quantitative estimate of drug-likeness (QED) is 0.0744. The van der Waals surface area contributed by atoms with Crippen LogP contribution in [0, 0.1) is 0 Å². The number of nitrogens with zero attached hydrogens (tertiary/aromatic N) is 3. The van der Waals surface area contributed by atoms with E-state index in [1.807, 2.05) is 7.05 Å². The van der Waals surface area contributed by atoms with Gasteiger partial charge in [0.15, 0.2) is 0 Å². The van der Waals surface area contributed by atoms with Gasteiger partial charge in [-0.1, -0.05) is 79.8 Å². The van der Waals surface area contributed by atoms with Crippen LogP contribution in [0.4, 0.5) is 0 Å². The van der Waals surface area contributed by atoms with Crippen LogP contribution in [0.15, 0.2) is 89.8 Å². The average molecular weight is 692 g/mol. The van der Waals surface area contributed by atoms with E-state index in [0.717, 1.165) is 48.2 Å². The summed E-state index contributed by atoms with van der Waals surface area (Å²) in [6.07, 6.45) is 34.6. The summed E-state index contributed by atoms with van der Waals surface area (Å²) in [6, 6.07) is 0. The van der Waals surface area contributed by atoms with Crippen LogP contribution in [0.5, 0.6) is 0 Å². The van der Waals surface area contributed by atoms with Gasteiger partial charge < -0.3 is 15.5 Å². The molecule has 0 radical (unpaired) electrons. The molecule has 9 heteroatoms. The lowest BCUT2D eigenvalue weighted by Crippen LogP contribution is -2.39. The molecule has 0 fully saturated rings. The highest BCUT2D eigenvalue weighted by Crippen LogP contribution is 2.14. The molecule has 2 amide bonds. The van der Waals surface area contributed by atoms with Crippen LogP contribution in [0.2, 0.25) is 0 Å². The molecule has 0 aromatic rings. The topological polar surface area (TPSA) is 97.3 Å². The number of allylic oxidation sites excluding steroid dienone is 13. The largest absolute Gasteiger partial charge is 0.355 e. The molecule has 0 spiro atoms. The normalized spacial score (nSPS) is 14.5. The number of aliphatic imine (C=N–C) groups is 1. The monoisotopic (exact) mass is 691 g/mol. The Labute approximate surface area is 263 Å². The van der Waals surface area contributed by atoms with E-state index in [0.29, 0.717) is 44.0 Å². The molecule has 0 unspecified atom stereocenters. The van der Waals surface area contributed by atoms with Crippen LogP contribution in [-0.4, -0.2) is 68.1 Å².